The van der Waals surface area contributed by atoms with Crippen LogP contribution in [0.5, 0.6) is 5.75 Å². The molecule has 0 unspecified atom stereocenters. The summed E-state index contributed by atoms with van der Waals surface area (Å²) >= 11 is 0. The van der Waals surface area contributed by atoms with E-state index in [0.29, 0.717) is 0 Å². The first-order valence-corrected chi connectivity index (χ1v) is 4.99. The molecule has 2 rings (SSSR count). The Kier molecular flexibility index (Phi) is 2.57. The number of hydrogen-bond donors (Lipinski definition) is 0. The van der Waals surface area contributed by atoms with Gasteiger partial charge in [-0.25, -0.2) is 0 Å². The lowest BCUT2D eigenvalue weighted by Crippen LogP contribution is -2.60. The van der Waals surface area contributed by atoms with E-state index in [1.54, 1.807) is 0 Å². The van der Waals surface area contributed by atoms with Crippen LogP contribution >= 0.6 is 0 Å². The molecule has 1 aromatic carbocycles. The van der Waals surface area contributed by atoms with Gasteiger partial charge in [0.25, 0.3) is 0 Å². The minimum absolute atomic E-state index is 0.0790. The maximum Gasteiger partial charge on any atom is 0.437 e. The lowest BCUT2D eigenvalue weighted by molar-refractivity contribution is -0.351. The molecule has 1 heterocycles. The zero-order valence-electron chi connectivity index (χ0n) is 9.12. The highest BCUT2D eigenvalue weighted by Crippen LogP contribution is 2.53. The van der Waals surface area contributed by atoms with E-state index in [1.807, 2.05) is 0 Å². The molecule has 1 aliphatic heterocycles. The van der Waals surface area contributed by atoms with E-state index in [-0.39, 0.29) is 16.9 Å². The van der Waals surface area contributed by atoms with Crippen LogP contribution in [-0.4, -0.2) is 18.0 Å². The maximum absolute atomic E-state index is 12.8. The average Bonchev–Trinajstić information content (AvgIpc) is 2.57. The highest BCUT2D eigenvalue weighted by Gasteiger charge is 2.75. The number of rotatable bonds is 0. The van der Waals surface area contributed by atoms with Gasteiger partial charge in [0.2, 0.25) is 0 Å². The molecule has 18 heavy (non-hydrogen) atoms. The van der Waals surface area contributed by atoms with Gasteiger partial charge in [0, 0.05) is 6.42 Å². The number of benzene rings is 1. The van der Waals surface area contributed by atoms with Crippen LogP contribution in [0.3, 0.4) is 0 Å². The molecule has 100 valence electrons. The van der Waals surface area contributed by atoms with Crippen LogP contribution < -0.4 is 4.74 Å². The van der Waals surface area contributed by atoms with Crippen LogP contribution in [0.15, 0.2) is 18.2 Å². The van der Waals surface area contributed by atoms with Gasteiger partial charge in [0.15, 0.2) is 0 Å². The van der Waals surface area contributed by atoms with Crippen molar-refractivity contribution in [1.82, 2.24) is 0 Å². The molecule has 0 aromatic heterocycles. The number of alkyl halides is 6. The third-order valence-corrected chi connectivity index (χ3v) is 2.92. The Hall–Kier alpha value is -1.40. The van der Waals surface area contributed by atoms with E-state index in [1.165, 1.54) is 25.1 Å². The molecular formula is C11H8F6O. The summed E-state index contributed by atoms with van der Waals surface area (Å²) in [7, 11) is 0. The Morgan fingerprint density at radius 1 is 1.06 bits per heavy atom. The minimum Gasteiger partial charge on any atom is -0.468 e. The Morgan fingerprint density at radius 3 is 2.06 bits per heavy atom. The number of fused-ring (bicyclic) bond motifs is 1. The largest absolute Gasteiger partial charge is 0.468 e. The molecule has 0 saturated heterocycles. The molecule has 0 amide bonds. The number of ether oxygens (including phenoxy) is 1. The third kappa shape index (κ3) is 1.64. The van der Waals surface area contributed by atoms with Crippen LogP contribution in [-0.2, 0) is 6.42 Å². The van der Waals surface area contributed by atoms with Crippen molar-refractivity contribution in [2.45, 2.75) is 31.3 Å². The molecule has 1 aliphatic rings. The van der Waals surface area contributed by atoms with E-state index < -0.39 is 24.4 Å². The van der Waals surface area contributed by atoms with E-state index in [2.05, 4.69) is 4.74 Å². The van der Waals surface area contributed by atoms with Gasteiger partial charge in [-0.05, 0) is 18.1 Å². The minimum atomic E-state index is -5.52. The average molecular weight is 270 g/mol. The van der Waals surface area contributed by atoms with Crippen LogP contribution in [0.4, 0.5) is 26.3 Å². The number of hydrogen-bond acceptors (Lipinski definition) is 1. The zero-order valence-corrected chi connectivity index (χ0v) is 9.12. The van der Waals surface area contributed by atoms with Crippen molar-refractivity contribution >= 4 is 0 Å². The van der Waals surface area contributed by atoms with Gasteiger partial charge in [-0.15, -0.1) is 0 Å². The fraction of sp³-hybridized carbons (Fsp3) is 0.455. The van der Waals surface area contributed by atoms with Gasteiger partial charge in [-0.3, -0.25) is 0 Å². The second-order valence-electron chi connectivity index (χ2n) is 4.16. The van der Waals surface area contributed by atoms with Gasteiger partial charge in [-0.1, -0.05) is 18.2 Å². The zero-order chi connectivity index (χ0) is 13.8. The van der Waals surface area contributed by atoms with Crippen molar-refractivity contribution in [2.75, 3.05) is 0 Å². The molecule has 0 aliphatic carbocycles. The number of halogens is 6. The second-order valence-corrected chi connectivity index (χ2v) is 4.16. The van der Waals surface area contributed by atoms with Gasteiger partial charge >= 0.3 is 18.0 Å². The Morgan fingerprint density at radius 2 is 1.61 bits per heavy atom. The van der Waals surface area contributed by atoms with Crippen molar-refractivity contribution in [3.63, 3.8) is 0 Å². The predicted octanol–water partition coefficient (Wildman–Crippen LogP) is 3.79. The van der Waals surface area contributed by atoms with Gasteiger partial charge in [0.05, 0.1) is 0 Å². The van der Waals surface area contributed by atoms with Crippen molar-refractivity contribution in [3.8, 4) is 5.75 Å². The molecule has 0 radical (unpaired) electrons. The van der Waals surface area contributed by atoms with Crippen molar-refractivity contribution in [3.05, 3.63) is 29.3 Å². The Bertz CT molecular complexity index is 459. The van der Waals surface area contributed by atoms with E-state index in [0.717, 1.165) is 0 Å². The molecule has 0 N–H and O–H groups in total. The summed E-state index contributed by atoms with van der Waals surface area (Å²) in [5.41, 5.74) is -3.96. The monoisotopic (exact) mass is 270 g/mol. The molecule has 0 fully saturated rings. The molecule has 1 nitrogen and oxygen atoms in total. The first kappa shape index (κ1) is 13.0. The fourth-order valence-electron chi connectivity index (χ4n) is 1.95. The molecular weight excluding hydrogens is 262 g/mol. The fourth-order valence-corrected chi connectivity index (χ4v) is 1.95. The summed E-state index contributed by atoms with van der Waals surface area (Å²) in [6.45, 7) is 1.40. The van der Waals surface area contributed by atoms with Gasteiger partial charge in [-0.2, -0.15) is 26.3 Å². The maximum atomic E-state index is 12.8. The summed E-state index contributed by atoms with van der Waals surface area (Å²) in [6.07, 6.45) is -12.3. The Balaban J connectivity index is 2.55. The third-order valence-electron chi connectivity index (χ3n) is 2.92. The molecule has 7 heteroatoms. The van der Waals surface area contributed by atoms with Gasteiger partial charge < -0.3 is 4.74 Å². The van der Waals surface area contributed by atoms with E-state index in [9.17, 15) is 26.3 Å². The summed E-state index contributed by atoms with van der Waals surface area (Å²) in [5.74, 6) is -0.327. The van der Waals surface area contributed by atoms with E-state index >= 15 is 0 Å². The van der Waals surface area contributed by atoms with Crippen molar-refractivity contribution in [2.24, 2.45) is 0 Å². The van der Waals surface area contributed by atoms with Crippen LogP contribution in [0, 0.1) is 6.92 Å². The topological polar surface area (TPSA) is 9.23 Å². The lowest BCUT2D eigenvalue weighted by atomic mass is 9.95. The van der Waals surface area contributed by atoms with Crippen LogP contribution in [0.1, 0.15) is 11.1 Å². The molecule has 0 spiro atoms. The van der Waals surface area contributed by atoms with Gasteiger partial charge in [0.1, 0.15) is 5.75 Å². The standard InChI is InChI=1S/C11H8F6O/c1-6-3-2-4-7-5-9(10(12,13)14,11(15,16)17)18-8(6)7/h2-4H,5H2,1H3. The van der Waals surface area contributed by atoms with Crippen LogP contribution in [0.25, 0.3) is 0 Å². The Labute approximate surface area is 98.4 Å². The van der Waals surface area contributed by atoms with Crippen molar-refractivity contribution < 1.29 is 31.1 Å². The molecule has 1 aromatic rings. The SMILES string of the molecule is Cc1cccc2c1OC(C(F)(F)F)(C(F)(F)F)C2. The lowest BCUT2D eigenvalue weighted by Gasteiger charge is -2.32. The molecule has 0 saturated carbocycles. The predicted molar refractivity (Wildman–Crippen MR) is 50.4 cm³/mol. The highest BCUT2D eigenvalue weighted by molar-refractivity contribution is 5.46. The summed E-state index contributed by atoms with van der Waals surface area (Å²) < 4.78 is 80.9. The van der Waals surface area contributed by atoms with Crippen molar-refractivity contribution in [1.29, 1.82) is 0 Å². The molecule has 0 atom stereocenters. The smallest absolute Gasteiger partial charge is 0.437 e. The second kappa shape index (κ2) is 3.55. The normalized spacial score (nSPS) is 18.4. The van der Waals surface area contributed by atoms with E-state index in [4.69, 9.17) is 0 Å². The summed E-state index contributed by atoms with van der Waals surface area (Å²) in [5, 5.41) is 0. The van der Waals surface area contributed by atoms with Crippen LogP contribution in [0.2, 0.25) is 0 Å². The number of aryl methyl sites for hydroxylation is 1. The summed E-state index contributed by atoms with van der Waals surface area (Å²) in [6, 6.07) is 4.02. The quantitative estimate of drug-likeness (QED) is 0.652. The first-order chi connectivity index (χ1) is 8.08. The summed E-state index contributed by atoms with van der Waals surface area (Å²) in [4.78, 5) is 0. The highest BCUT2D eigenvalue weighted by atomic mass is 19.4. The number of para-hydroxylation sites is 1. The molecule has 0 bridgehead atoms. The first-order valence-electron chi connectivity index (χ1n) is 4.99.